The molecule has 1 aliphatic heterocycles. The van der Waals surface area contributed by atoms with Crippen molar-refractivity contribution >= 4 is 11.3 Å². The first-order chi connectivity index (χ1) is 10.4. The third-order valence-electron chi connectivity index (χ3n) is 3.82. The number of ether oxygens (including phenoxy) is 1. The highest BCUT2D eigenvalue weighted by atomic mass is 16.5. The summed E-state index contributed by atoms with van der Waals surface area (Å²) in [6, 6.07) is 10.5. The summed E-state index contributed by atoms with van der Waals surface area (Å²) in [5.41, 5.74) is 4.33. The molecule has 3 aromatic rings. The fraction of sp³-hybridized carbons (Fsp3) is 0.250. The summed E-state index contributed by atoms with van der Waals surface area (Å²) in [7, 11) is 0. The second-order valence-electron chi connectivity index (χ2n) is 5.12. The topological polar surface area (TPSA) is 42.7 Å². The van der Waals surface area contributed by atoms with E-state index in [2.05, 4.69) is 39.2 Å². The van der Waals surface area contributed by atoms with E-state index in [-0.39, 0.29) is 0 Å². The Kier molecular flexibility index (Phi) is 3.05. The fourth-order valence-electron chi connectivity index (χ4n) is 2.65. The smallest absolute Gasteiger partial charge is 0.154 e. The van der Waals surface area contributed by atoms with E-state index in [9.17, 15) is 0 Å². The summed E-state index contributed by atoms with van der Waals surface area (Å²) < 4.78 is 7.18. The molecule has 0 bridgehead atoms. The van der Waals surface area contributed by atoms with Crippen molar-refractivity contribution < 1.29 is 4.74 Å². The molecule has 0 N–H and O–H groups in total. The highest BCUT2D eigenvalue weighted by Gasteiger charge is 2.11. The molecule has 0 unspecified atom stereocenters. The maximum absolute atomic E-state index is 5.39. The summed E-state index contributed by atoms with van der Waals surface area (Å²) in [5.74, 6) is 0. The molecule has 106 valence electrons. The van der Waals surface area contributed by atoms with Crippen LogP contribution in [0.15, 0.2) is 48.9 Å². The maximum Gasteiger partial charge on any atom is 0.154 e. The Bertz CT molecular complexity index is 744. The van der Waals surface area contributed by atoms with Crippen molar-refractivity contribution in [2.45, 2.75) is 0 Å². The lowest BCUT2D eigenvalue weighted by Crippen LogP contribution is -2.36. The minimum Gasteiger partial charge on any atom is -0.378 e. The van der Waals surface area contributed by atoms with Gasteiger partial charge in [-0.25, -0.2) is 9.50 Å². The van der Waals surface area contributed by atoms with Gasteiger partial charge in [0, 0.05) is 42.8 Å². The van der Waals surface area contributed by atoms with E-state index in [1.807, 2.05) is 18.5 Å². The average molecular weight is 280 g/mol. The lowest BCUT2D eigenvalue weighted by atomic mass is 10.1. The Morgan fingerprint density at radius 3 is 2.57 bits per heavy atom. The zero-order valence-electron chi connectivity index (χ0n) is 11.6. The Hall–Kier alpha value is -2.40. The first-order valence-electron chi connectivity index (χ1n) is 7.13. The summed E-state index contributed by atoms with van der Waals surface area (Å²) >= 11 is 0. The van der Waals surface area contributed by atoms with E-state index in [0.29, 0.717) is 0 Å². The van der Waals surface area contributed by atoms with Gasteiger partial charge in [0.05, 0.1) is 19.4 Å². The second-order valence-corrected chi connectivity index (χ2v) is 5.12. The minimum atomic E-state index is 0.807. The highest BCUT2D eigenvalue weighted by molar-refractivity contribution is 5.66. The molecule has 1 fully saturated rings. The molecule has 2 aromatic heterocycles. The van der Waals surface area contributed by atoms with Gasteiger partial charge >= 0.3 is 0 Å². The van der Waals surface area contributed by atoms with Crippen molar-refractivity contribution in [2.75, 3.05) is 31.2 Å². The van der Waals surface area contributed by atoms with Crippen molar-refractivity contribution in [3.63, 3.8) is 0 Å². The van der Waals surface area contributed by atoms with Crippen LogP contribution in [-0.4, -0.2) is 40.9 Å². The molecule has 4 rings (SSSR count). The van der Waals surface area contributed by atoms with Gasteiger partial charge in [0.1, 0.15) is 0 Å². The molecular formula is C16H16N4O. The van der Waals surface area contributed by atoms with E-state index in [1.165, 1.54) is 5.69 Å². The van der Waals surface area contributed by atoms with Crippen LogP contribution in [0.3, 0.4) is 0 Å². The van der Waals surface area contributed by atoms with Crippen LogP contribution in [0.1, 0.15) is 0 Å². The zero-order valence-corrected chi connectivity index (χ0v) is 11.6. The highest BCUT2D eigenvalue weighted by Crippen LogP contribution is 2.23. The van der Waals surface area contributed by atoms with Gasteiger partial charge in [0.15, 0.2) is 5.65 Å². The van der Waals surface area contributed by atoms with E-state index in [1.54, 1.807) is 10.7 Å². The lowest BCUT2D eigenvalue weighted by Gasteiger charge is -2.28. The second kappa shape index (κ2) is 5.18. The van der Waals surface area contributed by atoms with Gasteiger partial charge in [-0.05, 0) is 17.7 Å². The summed E-state index contributed by atoms with van der Waals surface area (Å²) in [6.45, 7) is 3.53. The van der Waals surface area contributed by atoms with E-state index >= 15 is 0 Å². The Morgan fingerprint density at radius 2 is 1.76 bits per heavy atom. The van der Waals surface area contributed by atoms with Gasteiger partial charge in [0.25, 0.3) is 0 Å². The van der Waals surface area contributed by atoms with E-state index < -0.39 is 0 Å². The van der Waals surface area contributed by atoms with Crippen LogP contribution in [0.5, 0.6) is 0 Å². The van der Waals surface area contributed by atoms with Crippen LogP contribution >= 0.6 is 0 Å². The number of benzene rings is 1. The molecule has 1 saturated heterocycles. The van der Waals surface area contributed by atoms with Crippen LogP contribution in [0.25, 0.3) is 16.8 Å². The molecule has 1 aromatic carbocycles. The Morgan fingerprint density at radius 1 is 0.952 bits per heavy atom. The van der Waals surface area contributed by atoms with Crippen molar-refractivity contribution in [1.29, 1.82) is 0 Å². The third-order valence-corrected chi connectivity index (χ3v) is 3.82. The zero-order chi connectivity index (χ0) is 14.1. The number of nitrogens with zero attached hydrogens (tertiary/aromatic N) is 4. The molecule has 0 radical (unpaired) electrons. The van der Waals surface area contributed by atoms with Crippen molar-refractivity contribution in [2.24, 2.45) is 0 Å². The molecule has 21 heavy (non-hydrogen) atoms. The molecule has 1 aliphatic rings. The molecule has 0 saturated carbocycles. The van der Waals surface area contributed by atoms with Gasteiger partial charge in [-0.15, -0.1) is 0 Å². The number of hydrogen-bond acceptors (Lipinski definition) is 4. The first kappa shape index (κ1) is 12.3. The number of fused-ring (bicyclic) bond motifs is 1. The monoisotopic (exact) mass is 280 g/mol. The van der Waals surface area contributed by atoms with Gasteiger partial charge < -0.3 is 9.64 Å². The molecule has 0 atom stereocenters. The predicted molar refractivity (Wildman–Crippen MR) is 81.5 cm³/mol. The lowest BCUT2D eigenvalue weighted by molar-refractivity contribution is 0.122. The van der Waals surface area contributed by atoms with Crippen LogP contribution in [-0.2, 0) is 4.74 Å². The third kappa shape index (κ3) is 2.36. The quantitative estimate of drug-likeness (QED) is 0.722. The molecule has 0 spiro atoms. The molecule has 0 aliphatic carbocycles. The molecule has 5 nitrogen and oxygen atoms in total. The average Bonchev–Trinajstić information content (AvgIpc) is 3.03. The predicted octanol–water partition coefficient (Wildman–Crippen LogP) is 2.23. The van der Waals surface area contributed by atoms with Crippen LogP contribution < -0.4 is 4.90 Å². The van der Waals surface area contributed by atoms with Crippen LogP contribution in [0.4, 0.5) is 5.69 Å². The SMILES string of the molecule is c1cc2ncc(-c3ccc(N4CCOCC4)cc3)cn2n1. The fourth-order valence-corrected chi connectivity index (χ4v) is 2.65. The standard InChI is InChI=1S/C16H16N4O/c1-3-15(19-7-9-21-10-8-19)4-2-13(1)14-11-17-16-5-6-18-20(16)12-14/h1-6,11-12H,7-10H2. The van der Waals surface area contributed by atoms with Gasteiger partial charge in [-0.3, -0.25) is 0 Å². The van der Waals surface area contributed by atoms with Crippen LogP contribution in [0.2, 0.25) is 0 Å². The normalized spacial score (nSPS) is 15.5. The van der Waals surface area contributed by atoms with E-state index in [0.717, 1.165) is 43.1 Å². The largest absolute Gasteiger partial charge is 0.378 e. The number of rotatable bonds is 2. The first-order valence-corrected chi connectivity index (χ1v) is 7.13. The maximum atomic E-state index is 5.39. The number of aromatic nitrogens is 3. The molecular weight excluding hydrogens is 264 g/mol. The Labute approximate surface area is 122 Å². The molecule has 5 heteroatoms. The minimum absolute atomic E-state index is 0.807. The van der Waals surface area contributed by atoms with Gasteiger partial charge in [-0.1, -0.05) is 12.1 Å². The van der Waals surface area contributed by atoms with Gasteiger partial charge in [0.2, 0.25) is 0 Å². The summed E-state index contributed by atoms with van der Waals surface area (Å²) in [5, 5.41) is 4.23. The van der Waals surface area contributed by atoms with Crippen LogP contribution in [0, 0.1) is 0 Å². The molecule has 0 amide bonds. The van der Waals surface area contributed by atoms with Crippen molar-refractivity contribution in [1.82, 2.24) is 14.6 Å². The van der Waals surface area contributed by atoms with Crippen molar-refractivity contribution in [3.05, 3.63) is 48.9 Å². The number of anilines is 1. The molecule has 3 heterocycles. The Balaban J connectivity index is 1.62. The number of hydrogen-bond donors (Lipinski definition) is 0. The van der Waals surface area contributed by atoms with E-state index in [4.69, 9.17) is 4.74 Å². The summed E-state index contributed by atoms with van der Waals surface area (Å²) in [4.78, 5) is 6.75. The summed E-state index contributed by atoms with van der Waals surface area (Å²) in [6.07, 6.45) is 5.65. The van der Waals surface area contributed by atoms with Gasteiger partial charge in [-0.2, -0.15) is 5.10 Å². The number of morpholine rings is 1. The van der Waals surface area contributed by atoms with Crippen molar-refractivity contribution in [3.8, 4) is 11.1 Å².